The Balaban J connectivity index is 1.77. The van der Waals surface area contributed by atoms with Gasteiger partial charge >= 0.3 is 18.1 Å². The van der Waals surface area contributed by atoms with Crippen molar-refractivity contribution in [2.24, 2.45) is 0 Å². The molecule has 32 heavy (non-hydrogen) atoms. The average Bonchev–Trinajstić information content (AvgIpc) is 2.74. The lowest BCUT2D eigenvalue weighted by Gasteiger charge is -2.13. The summed E-state index contributed by atoms with van der Waals surface area (Å²) in [4.78, 5) is 21.6. The summed E-state index contributed by atoms with van der Waals surface area (Å²) in [6, 6.07) is 7.11. The minimum Gasteiger partial charge on any atom is -0.424 e. The summed E-state index contributed by atoms with van der Waals surface area (Å²) in [6.07, 6.45) is -3.86. The molecule has 0 spiro atoms. The zero-order chi connectivity index (χ0) is 23.5. The van der Waals surface area contributed by atoms with E-state index >= 15 is 0 Å². The van der Waals surface area contributed by atoms with Gasteiger partial charge in [-0.05, 0) is 42.5 Å². The standard InChI is InChI=1S/C17H11ClF3N5O5S/c18-13-6-5-11(7-12(13)17(19,20)21)32(29,30)26-9-1-3-10(4-2-9)31-16-23-8-22-14(24-16)15(27)25-28/h1-8,26,28H,(H,25,27). The van der Waals surface area contributed by atoms with Crippen LogP contribution in [-0.2, 0) is 16.2 Å². The van der Waals surface area contributed by atoms with Crippen LogP contribution in [0.5, 0.6) is 11.8 Å². The van der Waals surface area contributed by atoms with E-state index in [0.717, 1.165) is 18.5 Å². The van der Waals surface area contributed by atoms with Gasteiger partial charge < -0.3 is 4.74 Å². The van der Waals surface area contributed by atoms with Gasteiger partial charge in [0.25, 0.3) is 10.0 Å². The van der Waals surface area contributed by atoms with Crippen LogP contribution in [0.1, 0.15) is 16.2 Å². The molecule has 0 unspecified atom stereocenters. The first-order chi connectivity index (χ1) is 15.0. The lowest BCUT2D eigenvalue weighted by molar-refractivity contribution is -0.137. The minimum atomic E-state index is -4.83. The van der Waals surface area contributed by atoms with E-state index in [1.165, 1.54) is 29.7 Å². The van der Waals surface area contributed by atoms with Crippen LogP contribution >= 0.6 is 11.6 Å². The monoisotopic (exact) mass is 489 g/mol. The SMILES string of the molecule is O=C(NO)c1ncnc(Oc2ccc(NS(=O)(=O)c3ccc(Cl)c(C(F)(F)F)c3)cc2)n1. The van der Waals surface area contributed by atoms with Gasteiger partial charge in [0.2, 0.25) is 5.82 Å². The second kappa shape index (κ2) is 8.94. The maximum Gasteiger partial charge on any atom is 0.417 e. The fraction of sp³-hybridized carbons (Fsp3) is 0.0588. The highest BCUT2D eigenvalue weighted by atomic mass is 35.5. The number of amides is 1. The van der Waals surface area contributed by atoms with Crippen molar-refractivity contribution in [2.45, 2.75) is 11.1 Å². The molecule has 15 heteroatoms. The first-order valence-corrected chi connectivity index (χ1v) is 10.2. The molecule has 3 rings (SSSR count). The predicted molar refractivity (Wildman–Crippen MR) is 103 cm³/mol. The summed E-state index contributed by atoms with van der Waals surface area (Å²) < 4.78 is 71.4. The molecule has 0 atom stereocenters. The zero-order valence-electron chi connectivity index (χ0n) is 15.5. The maximum atomic E-state index is 13.0. The molecule has 0 radical (unpaired) electrons. The number of nitrogens with zero attached hydrogens (tertiary/aromatic N) is 3. The van der Waals surface area contributed by atoms with Crippen LogP contribution in [0.2, 0.25) is 5.02 Å². The number of carbonyl (C=O) groups is 1. The summed E-state index contributed by atoms with van der Waals surface area (Å²) in [7, 11) is -4.35. The lowest BCUT2D eigenvalue weighted by atomic mass is 10.2. The highest BCUT2D eigenvalue weighted by Gasteiger charge is 2.34. The Morgan fingerprint density at radius 2 is 1.78 bits per heavy atom. The molecular weight excluding hydrogens is 479 g/mol. The highest BCUT2D eigenvalue weighted by molar-refractivity contribution is 7.92. The Morgan fingerprint density at radius 3 is 2.41 bits per heavy atom. The summed E-state index contributed by atoms with van der Waals surface area (Å²) in [5.41, 5.74) is 0.0922. The molecule has 0 saturated heterocycles. The summed E-state index contributed by atoms with van der Waals surface area (Å²) in [5.74, 6) is -1.26. The molecule has 1 amide bonds. The molecule has 2 aromatic carbocycles. The molecule has 3 aromatic rings. The average molecular weight is 490 g/mol. The van der Waals surface area contributed by atoms with Crippen molar-refractivity contribution in [1.29, 1.82) is 0 Å². The van der Waals surface area contributed by atoms with Crippen LogP contribution in [0.15, 0.2) is 53.7 Å². The van der Waals surface area contributed by atoms with Gasteiger partial charge in [0, 0.05) is 5.69 Å². The fourth-order valence-corrected chi connectivity index (χ4v) is 3.60. The normalized spacial score (nSPS) is 11.7. The Kier molecular flexibility index (Phi) is 6.47. The quantitative estimate of drug-likeness (QED) is 0.353. The number of carbonyl (C=O) groups excluding carboxylic acids is 1. The van der Waals surface area contributed by atoms with Crippen molar-refractivity contribution >= 4 is 33.2 Å². The Labute approximate surface area is 183 Å². The zero-order valence-corrected chi connectivity index (χ0v) is 17.0. The molecule has 168 valence electrons. The first kappa shape index (κ1) is 23.2. The first-order valence-electron chi connectivity index (χ1n) is 8.30. The van der Waals surface area contributed by atoms with E-state index in [1.54, 1.807) is 0 Å². The van der Waals surface area contributed by atoms with E-state index in [9.17, 15) is 26.4 Å². The Hall–Kier alpha value is -3.49. The van der Waals surface area contributed by atoms with Crippen LogP contribution < -0.4 is 14.9 Å². The highest BCUT2D eigenvalue weighted by Crippen LogP contribution is 2.36. The van der Waals surface area contributed by atoms with E-state index in [-0.39, 0.29) is 17.4 Å². The number of alkyl halides is 3. The van der Waals surface area contributed by atoms with E-state index in [2.05, 4.69) is 19.7 Å². The van der Waals surface area contributed by atoms with Crippen molar-refractivity contribution in [3.8, 4) is 11.8 Å². The predicted octanol–water partition coefficient (Wildman–Crippen LogP) is 3.26. The fourth-order valence-electron chi connectivity index (χ4n) is 2.29. The lowest BCUT2D eigenvalue weighted by Crippen LogP contribution is -2.21. The van der Waals surface area contributed by atoms with Gasteiger partial charge in [-0.25, -0.2) is 18.9 Å². The van der Waals surface area contributed by atoms with Crippen LogP contribution in [-0.4, -0.2) is 34.5 Å². The number of halogens is 4. The molecule has 0 fully saturated rings. The third-order valence-electron chi connectivity index (χ3n) is 3.72. The number of aromatic nitrogens is 3. The number of hydrogen-bond acceptors (Lipinski definition) is 8. The molecule has 10 nitrogen and oxygen atoms in total. The van der Waals surface area contributed by atoms with Crippen molar-refractivity contribution in [3.05, 3.63) is 65.2 Å². The molecule has 0 aliphatic heterocycles. The van der Waals surface area contributed by atoms with Gasteiger partial charge in [0.15, 0.2) is 0 Å². The van der Waals surface area contributed by atoms with Gasteiger partial charge in [0.1, 0.15) is 12.1 Å². The van der Waals surface area contributed by atoms with Crippen LogP contribution in [0, 0.1) is 0 Å². The van der Waals surface area contributed by atoms with Crippen LogP contribution in [0.4, 0.5) is 18.9 Å². The molecule has 0 saturated carbocycles. The molecule has 1 aromatic heterocycles. The number of hydrogen-bond donors (Lipinski definition) is 3. The molecule has 0 aliphatic carbocycles. The maximum absolute atomic E-state index is 13.0. The number of rotatable bonds is 6. The number of sulfonamides is 1. The number of anilines is 1. The summed E-state index contributed by atoms with van der Waals surface area (Å²) >= 11 is 5.51. The molecular formula is C17H11ClF3N5O5S. The van der Waals surface area contributed by atoms with Crippen LogP contribution in [0.25, 0.3) is 0 Å². The largest absolute Gasteiger partial charge is 0.424 e. The topological polar surface area (TPSA) is 143 Å². The summed E-state index contributed by atoms with van der Waals surface area (Å²) in [6.45, 7) is 0. The smallest absolute Gasteiger partial charge is 0.417 e. The van der Waals surface area contributed by atoms with Crippen molar-refractivity contribution in [1.82, 2.24) is 20.4 Å². The van der Waals surface area contributed by atoms with E-state index in [0.29, 0.717) is 6.07 Å². The Bertz CT molecular complexity index is 1260. The third-order valence-corrected chi connectivity index (χ3v) is 5.43. The van der Waals surface area contributed by atoms with E-state index in [4.69, 9.17) is 21.5 Å². The second-order valence-electron chi connectivity index (χ2n) is 5.90. The molecule has 0 aliphatic rings. The molecule has 1 heterocycles. The minimum absolute atomic E-state index is 0.0249. The van der Waals surface area contributed by atoms with Gasteiger partial charge in [-0.2, -0.15) is 23.1 Å². The van der Waals surface area contributed by atoms with Crippen LogP contribution in [0.3, 0.4) is 0 Å². The number of hydroxylamine groups is 1. The van der Waals surface area contributed by atoms with Gasteiger partial charge in [-0.3, -0.25) is 14.7 Å². The number of nitrogens with one attached hydrogen (secondary N) is 2. The molecule has 3 N–H and O–H groups in total. The number of benzene rings is 2. The molecule has 0 bridgehead atoms. The number of ether oxygens (including phenoxy) is 1. The van der Waals surface area contributed by atoms with Gasteiger partial charge in [-0.15, -0.1) is 0 Å². The van der Waals surface area contributed by atoms with Crippen molar-refractivity contribution in [3.63, 3.8) is 0 Å². The second-order valence-corrected chi connectivity index (χ2v) is 7.99. The summed E-state index contributed by atoms with van der Waals surface area (Å²) in [5, 5.41) is 7.96. The van der Waals surface area contributed by atoms with E-state index < -0.39 is 43.4 Å². The van der Waals surface area contributed by atoms with Crippen molar-refractivity contribution < 1.29 is 36.3 Å². The van der Waals surface area contributed by atoms with Crippen molar-refractivity contribution in [2.75, 3.05) is 4.72 Å². The van der Waals surface area contributed by atoms with Gasteiger partial charge in [-0.1, -0.05) is 11.6 Å². The third kappa shape index (κ3) is 5.40. The van der Waals surface area contributed by atoms with Gasteiger partial charge in [0.05, 0.1) is 15.5 Å². The Morgan fingerprint density at radius 1 is 1.09 bits per heavy atom. The van der Waals surface area contributed by atoms with E-state index in [1.807, 2.05) is 0 Å².